The van der Waals surface area contributed by atoms with Crippen LogP contribution in [0.15, 0.2) is 84.9 Å². The SMILES string of the molecule is [B](Oc1ccc2[nH]c3ccccc3c2c1)Oc1ccc2[nH]c3ccccc3c2c1. The zero-order valence-electron chi connectivity index (χ0n) is 15.5. The maximum atomic E-state index is 5.75. The summed E-state index contributed by atoms with van der Waals surface area (Å²) in [6.45, 7) is 0. The van der Waals surface area contributed by atoms with E-state index in [1.165, 1.54) is 18.5 Å². The predicted octanol–water partition coefficient (Wildman–Crippen LogP) is 5.95. The van der Waals surface area contributed by atoms with Gasteiger partial charge in [-0.25, -0.2) is 0 Å². The highest BCUT2D eigenvalue weighted by Crippen LogP contribution is 2.30. The van der Waals surface area contributed by atoms with Crippen LogP contribution in [0.25, 0.3) is 43.6 Å². The van der Waals surface area contributed by atoms with Crippen LogP contribution in [0.4, 0.5) is 0 Å². The Kier molecular flexibility index (Phi) is 3.53. The molecule has 0 aliphatic carbocycles. The molecule has 0 fully saturated rings. The van der Waals surface area contributed by atoms with Crippen molar-refractivity contribution in [3.05, 3.63) is 84.9 Å². The van der Waals surface area contributed by atoms with Crippen LogP contribution in [0, 0.1) is 0 Å². The second kappa shape index (κ2) is 6.35. The third kappa shape index (κ3) is 2.71. The molecule has 6 rings (SSSR count). The number of H-pyrrole nitrogens is 2. The van der Waals surface area contributed by atoms with E-state index < -0.39 is 0 Å². The average Bonchev–Trinajstić information content (AvgIpc) is 3.31. The minimum absolute atomic E-state index is 0.732. The van der Waals surface area contributed by atoms with Crippen molar-refractivity contribution in [2.45, 2.75) is 0 Å². The van der Waals surface area contributed by atoms with E-state index in [1.54, 1.807) is 0 Å². The van der Waals surface area contributed by atoms with E-state index in [9.17, 15) is 0 Å². The van der Waals surface area contributed by atoms with Gasteiger partial charge >= 0.3 is 7.69 Å². The Labute approximate surface area is 167 Å². The number of hydrogen-bond donors (Lipinski definition) is 2. The van der Waals surface area contributed by atoms with E-state index in [1.807, 2.05) is 60.7 Å². The van der Waals surface area contributed by atoms with Gasteiger partial charge in [-0.1, -0.05) is 36.4 Å². The summed E-state index contributed by atoms with van der Waals surface area (Å²) in [5, 5.41) is 4.62. The molecule has 29 heavy (non-hydrogen) atoms. The quantitative estimate of drug-likeness (QED) is 0.374. The van der Waals surface area contributed by atoms with Gasteiger partial charge in [0.1, 0.15) is 11.5 Å². The fraction of sp³-hybridized carbons (Fsp3) is 0. The zero-order valence-corrected chi connectivity index (χ0v) is 15.5. The van der Waals surface area contributed by atoms with Gasteiger partial charge in [0, 0.05) is 43.6 Å². The van der Waals surface area contributed by atoms with Gasteiger partial charge in [-0.2, -0.15) is 0 Å². The van der Waals surface area contributed by atoms with Crippen molar-refractivity contribution in [2.24, 2.45) is 0 Å². The lowest BCUT2D eigenvalue weighted by Crippen LogP contribution is -2.10. The van der Waals surface area contributed by atoms with E-state index in [0.29, 0.717) is 0 Å². The number of rotatable bonds is 4. The highest BCUT2D eigenvalue weighted by atomic mass is 16.6. The molecule has 5 heteroatoms. The average molecular weight is 375 g/mol. The number of aromatic amines is 2. The van der Waals surface area contributed by atoms with Crippen molar-refractivity contribution in [2.75, 3.05) is 0 Å². The topological polar surface area (TPSA) is 50.0 Å². The molecule has 4 nitrogen and oxygen atoms in total. The second-order valence-electron chi connectivity index (χ2n) is 7.09. The minimum Gasteiger partial charge on any atom is -0.526 e. The number of benzene rings is 4. The van der Waals surface area contributed by atoms with Crippen LogP contribution in [-0.2, 0) is 0 Å². The largest absolute Gasteiger partial charge is 0.658 e. The zero-order chi connectivity index (χ0) is 19.2. The van der Waals surface area contributed by atoms with Crippen LogP contribution in [0.3, 0.4) is 0 Å². The van der Waals surface area contributed by atoms with Gasteiger partial charge in [-0.15, -0.1) is 0 Å². The lowest BCUT2D eigenvalue weighted by molar-refractivity contribution is 0.460. The monoisotopic (exact) mass is 375 g/mol. The van der Waals surface area contributed by atoms with Gasteiger partial charge in [-0.3, -0.25) is 0 Å². The molecule has 6 aromatic rings. The molecule has 1 radical (unpaired) electrons. The summed E-state index contributed by atoms with van der Waals surface area (Å²) >= 11 is 0. The van der Waals surface area contributed by atoms with E-state index >= 15 is 0 Å². The molecule has 0 aliphatic heterocycles. The molecule has 4 aromatic carbocycles. The summed E-state index contributed by atoms with van der Waals surface area (Å²) in [6.07, 6.45) is 0. The van der Waals surface area contributed by atoms with Crippen LogP contribution >= 0.6 is 0 Å². The van der Waals surface area contributed by atoms with Crippen LogP contribution in [-0.4, -0.2) is 17.7 Å². The van der Waals surface area contributed by atoms with E-state index in [0.717, 1.165) is 44.3 Å². The Morgan fingerprint density at radius 1 is 0.483 bits per heavy atom. The van der Waals surface area contributed by atoms with Gasteiger partial charge in [0.05, 0.1) is 0 Å². The summed E-state index contributed by atoms with van der Waals surface area (Å²) in [4.78, 5) is 6.83. The van der Waals surface area contributed by atoms with Crippen molar-refractivity contribution in [1.82, 2.24) is 9.97 Å². The summed E-state index contributed by atoms with van der Waals surface area (Å²) in [6, 6.07) is 28.5. The highest BCUT2D eigenvalue weighted by Gasteiger charge is 2.09. The normalized spacial score (nSPS) is 11.4. The van der Waals surface area contributed by atoms with Gasteiger partial charge in [-0.05, 0) is 48.5 Å². The van der Waals surface area contributed by atoms with Crippen molar-refractivity contribution in [1.29, 1.82) is 0 Å². The number of nitrogens with one attached hydrogen (secondary N) is 2. The lowest BCUT2D eigenvalue weighted by atomic mass is 10.1. The standard InChI is InChI=1S/C24H16BN2O2/c1-3-7-21-17(5-1)19-13-15(9-11-23(19)26-21)28-25-29-16-10-12-24-20(14-16)18-6-2-4-8-22(18)27-24/h1-14,26-27H. The van der Waals surface area contributed by atoms with Gasteiger partial charge in [0.2, 0.25) is 0 Å². The Morgan fingerprint density at radius 2 is 0.931 bits per heavy atom. The van der Waals surface area contributed by atoms with Crippen LogP contribution in [0.2, 0.25) is 0 Å². The summed E-state index contributed by atoms with van der Waals surface area (Å²) in [5.74, 6) is 1.46. The fourth-order valence-electron chi connectivity index (χ4n) is 3.94. The summed E-state index contributed by atoms with van der Waals surface area (Å²) in [5.41, 5.74) is 4.41. The Balaban J connectivity index is 1.24. The number of fused-ring (bicyclic) bond motifs is 6. The van der Waals surface area contributed by atoms with Crippen molar-refractivity contribution >= 4 is 51.3 Å². The Morgan fingerprint density at radius 3 is 1.45 bits per heavy atom. The molecule has 2 aromatic heterocycles. The molecular formula is C24H16BN2O2. The molecule has 0 bridgehead atoms. The first kappa shape index (κ1) is 16.1. The molecule has 0 atom stereocenters. The highest BCUT2D eigenvalue weighted by molar-refractivity contribution is 6.21. The summed E-state index contributed by atoms with van der Waals surface area (Å²) in [7, 11) is 1.38. The van der Waals surface area contributed by atoms with Gasteiger partial charge in [0.15, 0.2) is 0 Å². The molecule has 0 amide bonds. The van der Waals surface area contributed by atoms with E-state index in [4.69, 9.17) is 9.31 Å². The third-order valence-electron chi connectivity index (χ3n) is 5.32. The van der Waals surface area contributed by atoms with Crippen molar-refractivity contribution in [3.8, 4) is 11.5 Å². The fourth-order valence-corrected chi connectivity index (χ4v) is 3.94. The molecule has 0 saturated carbocycles. The molecule has 0 saturated heterocycles. The number of para-hydroxylation sites is 2. The first-order chi connectivity index (χ1) is 14.3. The Bertz CT molecular complexity index is 1390. The van der Waals surface area contributed by atoms with Gasteiger partial charge < -0.3 is 19.3 Å². The lowest BCUT2D eigenvalue weighted by Gasteiger charge is -2.07. The molecular weight excluding hydrogens is 359 g/mol. The molecule has 0 spiro atoms. The number of aromatic nitrogens is 2. The van der Waals surface area contributed by atoms with E-state index in [-0.39, 0.29) is 0 Å². The Hall–Kier alpha value is -3.86. The van der Waals surface area contributed by atoms with Crippen LogP contribution in [0.1, 0.15) is 0 Å². The molecule has 0 aliphatic rings. The van der Waals surface area contributed by atoms with Crippen molar-refractivity contribution < 1.29 is 9.31 Å². The van der Waals surface area contributed by atoms with E-state index in [2.05, 4.69) is 34.2 Å². The van der Waals surface area contributed by atoms with Crippen molar-refractivity contribution in [3.63, 3.8) is 0 Å². The first-order valence-electron chi connectivity index (χ1n) is 9.51. The molecule has 0 unspecified atom stereocenters. The third-order valence-corrected chi connectivity index (χ3v) is 5.32. The molecule has 2 heterocycles. The first-order valence-corrected chi connectivity index (χ1v) is 9.51. The minimum atomic E-state index is 0.732. The number of hydrogen-bond acceptors (Lipinski definition) is 2. The summed E-state index contributed by atoms with van der Waals surface area (Å²) < 4.78 is 11.5. The molecule has 137 valence electrons. The molecule has 2 N–H and O–H groups in total. The van der Waals surface area contributed by atoms with Gasteiger partial charge in [0.25, 0.3) is 0 Å². The maximum absolute atomic E-state index is 5.75. The second-order valence-corrected chi connectivity index (χ2v) is 7.09. The smallest absolute Gasteiger partial charge is 0.526 e. The maximum Gasteiger partial charge on any atom is 0.658 e. The van der Waals surface area contributed by atoms with Crippen LogP contribution in [0.5, 0.6) is 11.5 Å². The predicted molar refractivity (Wildman–Crippen MR) is 119 cm³/mol. The van der Waals surface area contributed by atoms with Crippen LogP contribution < -0.4 is 9.31 Å².